The highest BCUT2D eigenvalue weighted by Crippen LogP contribution is 2.39. The number of nitriles is 2. The van der Waals surface area contributed by atoms with Crippen LogP contribution in [0, 0.1) is 36.5 Å². The van der Waals surface area contributed by atoms with Crippen molar-refractivity contribution >= 4 is 21.6 Å². The van der Waals surface area contributed by atoms with Crippen molar-refractivity contribution in [2.75, 3.05) is 0 Å². The maximum atomic E-state index is 8.98. The van der Waals surface area contributed by atoms with E-state index in [0.717, 1.165) is 21.4 Å². The molecule has 0 atom stereocenters. The van der Waals surface area contributed by atoms with Crippen molar-refractivity contribution < 1.29 is 0 Å². The summed E-state index contributed by atoms with van der Waals surface area (Å²) < 4.78 is 0. The zero-order valence-electron chi connectivity index (χ0n) is 9.87. The van der Waals surface area contributed by atoms with Crippen molar-refractivity contribution in [2.45, 2.75) is 23.9 Å². The molecule has 2 N–H and O–H groups in total. The fourth-order valence-corrected chi connectivity index (χ4v) is 3.76. The molecule has 0 bridgehead atoms. The van der Waals surface area contributed by atoms with E-state index in [9.17, 15) is 0 Å². The van der Waals surface area contributed by atoms with E-state index >= 15 is 0 Å². The molecule has 2 heterocycles. The van der Waals surface area contributed by atoms with E-state index in [4.69, 9.17) is 10.5 Å². The number of rotatable bonds is 3. The summed E-state index contributed by atoms with van der Waals surface area (Å²) >= 11 is 0. The predicted octanol–water partition coefficient (Wildman–Crippen LogP) is 3.50. The van der Waals surface area contributed by atoms with Gasteiger partial charge in [-0.15, -0.1) is 0 Å². The minimum Gasteiger partial charge on any atom is -0.352 e. The van der Waals surface area contributed by atoms with Crippen LogP contribution in [0.3, 0.4) is 0 Å². The molecule has 4 nitrogen and oxygen atoms in total. The van der Waals surface area contributed by atoms with Gasteiger partial charge < -0.3 is 9.97 Å². The Bertz CT molecular complexity index is 596. The molecule has 0 aromatic carbocycles. The van der Waals surface area contributed by atoms with Crippen LogP contribution in [0.5, 0.6) is 0 Å². The number of nitrogens with one attached hydrogen (secondary N) is 2. The van der Waals surface area contributed by atoms with Gasteiger partial charge in [0.2, 0.25) is 0 Å². The van der Waals surface area contributed by atoms with Gasteiger partial charge in [-0.05, 0) is 47.6 Å². The lowest BCUT2D eigenvalue weighted by molar-refractivity contribution is 1.13. The van der Waals surface area contributed by atoms with Gasteiger partial charge in [0.05, 0.1) is 11.1 Å². The number of hydrogen-bond acceptors (Lipinski definition) is 4. The Morgan fingerprint density at radius 3 is 1.61 bits per heavy atom. The van der Waals surface area contributed by atoms with Crippen LogP contribution in [0.25, 0.3) is 0 Å². The largest absolute Gasteiger partial charge is 0.352 e. The second kappa shape index (κ2) is 5.26. The Morgan fingerprint density at radius 2 is 1.28 bits per heavy atom. The van der Waals surface area contributed by atoms with Crippen LogP contribution >= 0.6 is 21.6 Å². The van der Waals surface area contributed by atoms with E-state index < -0.39 is 0 Å². The maximum absolute atomic E-state index is 8.98. The maximum Gasteiger partial charge on any atom is 0.102 e. The van der Waals surface area contributed by atoms with Crippen LogP contribution in [0.15, 0.2) is 22.2 Å². The average Bonchev–Trinajstić information content (AvgIpc) is 2.89. The molecule has 0 fully saturated rings. The molecule has 90 valence electrons. The summed E-state index contributed by atoms with van der Waals surface area (Å²) in [7, 11) is 2.89. The number of aromatic amines is 2. The summed E-state index contributed by atoms with van der Waals surface area (Å²) in [6, 6.07) is 7.92. The first-order valence-corrected chi connectivity index (χ1v) is 7.33. The van der Waals surface area contributed by atoms with Gasteiger partial charge in [0.25, 0.3) is 0 Å². The number of H-pyrrole nitrogens is 2. The molecule has 0 saturated heterocycles. The first-order valence-electron chi connectivity index (χ1n) is 5.18. The molecule has 0 aliphatic heterocycles. The summed E-state index contributed by atoms with van der Waals surface area (Å²) in [4.78, 5) is 6.27. The van der Waals surface area contributed by atoms with Crippen molar-refractivity contribution in [3.05, 3.63) is 34.6 Å². The van der Waals surface area contributed by atoms with Crippen LogP contribution in [0.1, 0.15) is 22.5 Å². The third-order valence-electron chi connectivity index (χ3n) is 2.28. The summed E-state index contributed by atoms with van der Waals surface area (Å²) in [5.41, 5.74) is 3.18. The van der Waals surface area contributed by atoms with Crippen molar-refractivity contribution in [3.63, 3.8) is 0 Å². The Kier molecular flexibility index (Phi) is 3.71. The van der Waals surface area contributed by atoms with Crippen LogP contribution < -0.4 is 0 Å². The lowest BCUT2D eigenvalue weighted by Gasteiger charge is -1.98. The normalized spacial score (nSPS) is 10.0. The van der Waals surface area contributed by atoms with E-state index in [0.29, 0.717) is 11.1 Å². The van der Waals surface area contributed by atoms with E-state index in [1.165, 1.54) is 21.6 Å². The quantitative estimate of drug-likeness (QED) is 0.839. The summed E-state index contributed by atoms with van der Waals surface area (Å²) in [6.07, 6.45) is 0. The van der Waals surface area contributed by atoms with Gasteiger partial charge in [-0.2, -0.15) is 10.5 Å². The lowest BCUT2D eigenvalue weighted by Crippen LogP contribution is -1.76. The van der Waals surface area contributed by atoms with E-state index in [2.05, 4.69) is 22.1 Å². The molecule has 0 saturated carbocycles. The highest BCUT2D eigenvalue weighted by molar-refractivity contribution is 8.76. The number of nitrogens with zero attached hydrogens (tertiary/aromatic N) is 2. The lowest BCUT2D eigenvalue weighted by atomic mass is 10.3. The average molecular weight is 274 g/mol. The van der Waals surface area contributed by atoms with Gasteiger partial charge in [0, 0.05) is 11.4 Å². The molecule has 2 aromatic heterocycles. The molecule has 0 aliphatic carbocycles. The van der Waals surface area contributed by atoms with Crippen molar-refractivity contribution in [1.82, 2.24) is 9.97 Å². The molecule has 0 unspecified atom stereocenters. The number of hydrogen-bond donors (Lipinski definition) is 2. The Labute approximate surface area is 113 Å². The van der Waals surface area contributed by atoms with Crippen molar-refractivity contribution in [1.29, 1.82) is 10.5 Å². The highest BCUT2D eigenvalue weighted by Gasteiger charge is 2.11. The first-order chi connectivity index (χ1) is 8.63. The van der Waals surface area contributed by atoms with Crippen LogP contribution in [0.4, 0.5) is 0 Å². The SMILES string of the molecule is Cc1cc(C#N)c(SSc2[nH]c(C)cc2C#N)[nH]1. The van der Waals surface area contributed by atoms with E-state index in [1.54, 1.807) is 0 Å². The van der Waals surface area contributed by atoms with E-state index in [1.807, 2.05) is 26.0 Å². The minimum absolute atomic E-state index is 0.631. The van der Waals surface area contributed by atoms with E-state index in [-0.39, 0.29) is 0 Å². The summed E-state index contributed by atoms with van der Waals surface area (Å²) in [5, 5.41) is 19.6. The highest BCUT2D eigenvalue weighted by atomic mass is 33.1. The molecule has 2 rings (SSSR count). The second-order valence-corrected chi connectivity index (χ2v) is 5.93. The molecule has 18 heavy (non-hydrogen) atoms. The monoisotopic (exact) mass is 274 g/mol. The summed E-state index contributed by atoms with van der Waals surface area (Å²) in [6.45, 7) is 3.82. The topological polar surface area (TPSA) is 79.2 Å². The molecule has 0 radical (unpaired) electrons. The van der Waals surface area contributed by atoms with Gasteiger partial charge in [-0.25, -0.2) is 0 Å². The van der Waals surface area contributed by atoms with Crippen LogP contribution in [-0.4, -0.2) is 9.97 Å². The second-order valence-electron chi connectivity index (χ2n) is 3.78. The first kappa shape index (κ1) is 12.7. The Morgan fingerprint density at radius 1 is 0.889 bits per heavy atom. The summed E-state index contributed by atoms with van der Waals surface area (Å²) in [5.74, 6) is 0. The van der Waals surface area contributed by atoms with Crippen molar-refractivity contribution in [2.24, 2.45) is 0 Å². The van der Waals surface area contributed by atoms with Crippen LogP contribution in [0.2, 0.25) is 0 Å². The molecule has 0 spiro atoms. The zero-order chi connectivity index (χ0) is 13.1. The standard InChI is InChI=1S/C12H10N4S2/c1-7-3-9(5-13)11(15-7)17-18-12-10(6-14)4-8(2)16-12/h3-4,15-16H,1-2H3. The Balaban J connectivity index is 2.17. The van der Waals surface area contributed by atoms with Crippen molar-refractivity contribution in [3.8, 4) is 12.1 Å². The molecular formula is C12H10N4S2. The minimum atomic E-state index is 0.631. The molecule has 0 aliphatic rings. The molecule has 6 heteroatoms. The number of aryl methyl sites for hydroxylation is 2. The third-order valence-corrected chi connectivity index (χ3v) is 4.59. The zero-order valence-corrected chi connectivity index (χ0v) is 11.5. The van der Waals surface area contributed by atoms with Gasteiger partial charge in [-0.1, -0.05) is 0 Å². The molecule has 2 aromatic rings. The fourth-order valence-electron chi connectivity index (χ4n) is 1.51. The fraction of sp³-hybridized carbons (Fsp3) is 0.167. The molecular weight excluding hydrogens is 264 g/mol. The van der Waals surface area contributed by atoms with Gasteiger partial charge in [0.15, 0.2) is 0 Å². The third kappa shape index (κ3) is 2.56. The Hall–Kier alpha value is -1.76. The van der Waals surface area contributed by atoms with Gasteiger partial charge in [0.1, 0.15) is 22.2 Å². The van der Waals surface area contributed by atoms with Crippen LogP contribution in [-0.2, 0) is 0 Å². The number of aromatic nitrogens is 2. The van der Waals surface area contributed by atoms with Gasteiger partial charge >= 0.3 is 0 Å². The predicted molar refractivity (Wildman–Crippen MR) is 72.2 cm³/mol. The molecule has 0 amide bonds. The van der Waals surface area contributed by atoms with Gasteiger partial charge in [-0.3, -0.25) is 0 Å². The smallest absolute Gasteiger partial charge is 0.102 e.